The Morgan fingerprint density at radius 1 is 1.10 bits per heavy atom. The molecular weight excluding hydrogens is 378 g/mol. The first kappa shape index (κ1) is 18.9. The number of hydrogen-bond acceptors (Lipinski definition) is 4. The maximum Gasteiger partial charge on any atom is 0.261 e. The van der Waals surface area contributed by atoms with Crippen LogP contribution in [0.2, 0.25) is 0 Å². The molecule has 2 aliphatic heterocycles. The molecule has 30 heavy (non-hydrogen) atoms. The second-order valence-electron chi connectivity index (χ2n) is 8.16. The minimum Gasteiger partial charge on any atom is -0.492 e. The fourth-order valence-electron chi connectivity index (χ4n) is 4.60. The Hall–Kier alpha value is -3.12. The predicted molar refractivity (Wildman–Crippen MR) is 115 cm³/mol. The number of aromatic amines is 1. The SMILES string of the molecule is CN1CCC[C@H]1Cc1c[nH]c2ccc(OCCN3C(=O)c4ccccc4C3=O)cc12. The largest absolute Gasteiger partial charge is 0.492 e. The van der Waals surface area contributed by atoms with Gasteiger partial charge in [0.2, 0.25) is 0 Å². The minimum absolute atomic E-state index is 0.233. The molecule has 2 amide bonds. The molecule has 3 aromatic rings. The Morgan fingerprint density at radius 3 is 2.57 bits per heavy atom. The van der Waals surface area contributed by atoms with E-state index in [-0.39, 0.29) is 25.0 Å². The first-order chi connectivity index (χ1) is 14.6. The van der Waals surface area contributed by atoms with Crippen molar-refractivity contribution in [1.82, 2.24) is 14.8 Å². The number of rotatable bonds is 6. The molecule has 2 aromatic carbocycles. The molecule has 2 aliphatic rings. The predicted octanol–water partition coefficient (Wildman–Crippen LogP) is 3.48. The lowest BCUT2D eigenvalue weighted by Crippen LogP contribution is -2.33. The van der Waals surface area contributed by atoms with Crippen LogP contribution in [0.4, 0.5) is 0 Å². The van der Waals surface area contributed by atoms with Crippen molar-refractivity contribution in [2.75, 3.05) is 26.7 Å². The fourth-order valence-corrected chi connectivity index (χ4v) is 4.60. The van der Waals surface area contributed by atoms with E-state index in [0.717, 1.165) is 17.7 Å². The van der Waals surface area contributed by atoms with Crippen LogP contribution in [0.5, 0.6) is 5.75 Å². The number of carbonyl (C=O) groups is 2. The third kappa shape index (κ3) is 3.27. The summed E-state index contributed by atoms with van der Waals surface area (Å²) in [6, 6.07) is 13.5. The van der Waals surface area contributed by atoms with Gasteiger partial charge >= 0.3 is 0 Å². The van der Waals surface area contributed by atoms with Gasteiger partial charge in [-0.25, -0.2) is 0 Å². The van der Waals surface area contributed by atoms with Crippen molar-refractivity contribution in [2.45, 2.75) is 25.3 Å². The number of H-pyrrole nitrogens is 1. The van der Waals surface area contributed by atoms with E-state index in [2.05, 4.69) is 29.2 Å². The molecule has 0 saturated carbocycles. The van der Waals surface area contributed by atoms with Gasteiger partial charge in [-0.1, -0.05) is 12.1 Å². The van der Waals surface area contributed by atoms with Crippen LogP contribution in [0.15, 0.2) is 48.7 Å². The second-order valence-corrected chi connectivity index (χ2v) is 8.16. The molecule has 0 aliphatic carbocycles. The quantitative estimate of drug-likeness (QED) is 0.640. The van der Waals surface area contributed by atoms with Crippen molar-refractivity contribution in [2.24, 2.45) is 0 Å². The zero-order chi connectivity index (χ0) is 20.7. The van der Waals surface area contributed by atoms with Crippen molar-refractivity contribution in [3.05, 3.63) is 65.4 Å². The first-order valence-electron chi connectivity index (χ1n) is 10.5. The molecule has 1 N–H and O–H groups in total. The van der Waals surface area contributed by atoms with Crippen molar-refractivity contribution in [1.29, 1.82) is 0 Å². The van der Waals surface area contributed by atoms with Gasteiger partial charge in [0.15, 0.2) is 0 Å². The van der Waals surface area contributed by atoms with Crippen LogP contribution in [0, 0.1) is 0 Å². The lowest BCUT2D eigenvalue weighted by molar-refractivity contribution is 0.0631. The van der Waals surface area contributed by atoms with Crippen molar-refractivity contribution in [3.63, 3.8) is 0 Å². The van der Waals surface area contributed by atoms with Crippen molar-refractivity contribution in [3.8, 4) is 5.75 Å². The number of aromatic nitrogens is 1. The molecule has 6 nitrogen and oxygen atoms in total. The summed E-state index contributed by atoms with van der Waals surface area (Å²) in [5.41, 5.74) is 3.34. The summed E-state index contributed by atoms with van der Waals surface area (Å²) in [5, 5.41) is 1.17. The molecule has 1 atom stereocenters. The van der Waals surface area contributed by atoms with Gasteiger partial charge in [-0.05, 0) is 68.8 Å². The van der Waals surface area contributed by atoms with Gasteiger partial charge in [0, 0.05) is 23.1 Å². The number of likely N-dealkylation sites (N-methyl/N-ethyl adjacent to an activating group) is 1. The average molecular weight is 403 g/mol. The zero-order valence-corrected chi connectivity index (χ0v) is 17.1. The number of fused-ring (bicyclic) bond motifs is 2. The topological polar surface area (TPSA) is 65.6 Å². The Labute approximate surface area is 175 Å². The van der Waals surface area contributed by atoms with E-state index in [1.165, 1.54) is 35.2 Å². The fraction of sp³-hybridized carbons (Fsp3) is 0.333. The molecule has 3 heterocycles. The normalized spacial score (nSPS) is 19.1. The smallest absolute Gasteiger partial charge is 0.261 e. The number of amides is 2. The van der Waals surface area contributed by atoms with E-state index in [1.54, 1.807) is 24.3 Å². The number of nitrogens with one attached hydrogen (secondary N) is 1. The summed E-state index contributed by atoms with van der Waals surface area (Å²) in [7, 11) is 2.19. The maximum absolute atomic E-state index is 12.5. The summed E-state index contributed by atoms with van der Waals surface area (Å²) in [5.74, 6) is 0.256. The molecule has 0 radical (unpaired) electrons. The molecule has 1 saturated heterocycles. The van der Waals surface area contributed by atoms with Crippen LogP contribution in [0.3, 0.4) is 0 Å². The highest BCUT2D eigenvalue weighted by Gasteiger charge is 2.34. The van der Waals surface area contributed by atoms with E-state index in [0.29, 0.717) is 17.2 Å². The van der Waals surface area contributed by atoms with Crippen LogP contribution in [0.25, 0.3) is 10.9 Å². The molecule has 0 spiro atoms. The van der Waals surface area contributed by atoms with E-state index < -0.39 is 0 Å². The number of carbonyl (C=O) groups excluding carboxylic acids is 2. The van der Waals surface area contributed by atoms with Gasteiger partial charge in [0.25, 0.3) is 11.8 Å². The first-order valence-corrected chi connectivity index (χ1v) is 10.5. The van der Waals surface area contributed by atoms with E-state index in [1.807, 2.05) is 12.1 Å². The van der Waals surface area contributed by atoms with Crippen LogP contribution in [0.1, 0.15) is 39.1 Å². The third-order valence-electron chi connectivity index (χ3n) is 6.33. The van der Waals surface area contributed by atoms with Crippen LogP contribution in [-0.4, -0.2) is 59.4 Å². The van der Waals surface area contributed by atoms with E-state index in [9.17, 15) is 9.59 Å². The van der Waals surface area contributed by atoms with Gasteiger partial charge < -0.3 is 14.6 Å². The number of benzene rings is 2. The van der Waals surface area contributed by atoms with Gasteiger partial charge in [0.1, 0.15) is 12.4 Å². The number of likely N-dealkylation sites (tertiary alicyclic amines) is 1. The molecule has 154 valence electrons. The molecule has 6 heteroatoms. The zero-order valence-electron chi connectivity index (χ0n) is 17.1. The highest BCUT2D eigenvalue weighted by molar-refractivity contribution is 6.21. The Balaban J connectivity index is 1.26. The molecular formula is C24H25N3O3. The summed E-state index contributed by atoms with van der Waals surface area (Å²) in [4.78, 5) is 32.0. The maximum atomic E-state index is 12.5. The monoisotopic (exact) mass is 403 g/mol. The molecule has 0 bridgehead atoms. The Bertz CT molecular complexity index is 1080. The molecule has 1 fully saturated rings. The van der Waals surface area contributed by atoms with Gasteiger partial charge in [0.05, 0.1) is 17.7 Å². The van der Waals surface area contributed by atoms with Crippen molar-refractivity contribution < 1.29 is 14.3 Å². The second kappa shape index (κ2) is 7.61. The number of ether oxygens (including phenoxy) is 1. The van der Waals surface area contributed by atoms with Gasteiger partial charge in [-0.3, -0.25) is 14.5 Å². The highest BCUT2D eigenvalue weighted by atomic mass is 16.5. The standard InChI is InChI=1S/C24H25N3O3/c1-26-10-4-5-17(26)13-16-15-25-22-9-8-18(14-21(16)22)30-12-11-27-23(28)19-6-2-3-7-20(19)24(27)29/h2-3,6-9,14-15,17,25H,4-5,10-13H2,1H3/t17-/m0/s1. The highest BCUT2D eigenvalue weighted by Crippen LogP contribution is 2.28. The Kier molecular flexibility index (Phi) is 4.79. The van der Waals surface area contributed by atoms with Crippen molar-refractivity contribution >= 4 is 22.7 Å². The molecule has 5 rings (SSSR count). The molecule has 0 unspecified atom stereocenters. The number of imide groups is 1. The summed E-state index contributed by atoms with van der Waals surface area (Å²) in [6.07, 6.45) is 5.61. The van der Waals surface area contributed by atoms with E-state index >= 15 is 0 Å². The van der Waals surface area contributed by atoms with Gasteiger partial charge in [-0.2, -0.15) is 0 Å². The number of hydrogen-bond donors (Lipinski definition) is 1. The average Bonchev–Trinajstić information content (AvgIpc) is 3.42. The summed E-state index contributed by atoms with van der Waals surface area (Å²) < 4.78 is 5.92. The lowest BCUT2D eigenvalue weighted by atomic mass is 10.0. The van der Waals surface area contributed by atoms with E-state index in [4.69, 9.17) is 4.74 Å². The number of nitrogens with zero attached hydrogens (tertiary/aromatic N) is 2. The summed E-state index contributed by atoms with van der Waals surface area (Å²) in [6.45, 7) is 1.67. The lowest BCUT2D eigenvalue weighted by Gasteiger charge is -2.19. The Morgan fingerprint density at radius 2 is 1.87 bits per heavy atom. The van der Waals surface area contributed by atoms with Gasteiger partial charge in [-0.15, -0.1) is 0 Å². The van der Waals surface area contributed by atoms with Crippen LogP contribution >= 0.6 is 0 Å². The minimum atomic E-state index is -0.247. The summed E-state index contributed by atoms with van der Waals surface area (Å²) >= 11 is 0. The van der Waals surface area contributed by atoms with Crippen LogP contribution in [-0.2, 0) is 6.42 Å². The van der Waals surface area contributed by atoms with Crippen LogP contribution < -0.4 is 4.74 Å². The molecule has 1 aromatic heterocycles. The third-order valence-corrected chi connectivity index (χ3v) is 6.33.